The predicted molar refractivity (Wildman–Crippen MR) is 171 cm³/mol. The van der Waals surface area contributed by atoms with Crippen molar-refractivity contribution >= 4 is 6.08 Å². The summed E-state index contributed by atoms with van der Waals surface area (Å²) in [6.07, 6.45) is 30.3. The van der Waals surface area contributed by atoms with E-state index < -0.39 is 0 Å². The van der Waals surface area contributed by atoms with Gasteiger partial charge in [0.05, 0.1) is 0 Å². The van der Waals surface area contributed by atoms with Gasteiger partial charge in [0.25, 0.3) is 0 Å². The lowest BCUT2D eigenvalue weighted by Crippen LogP contribution is -2.13. The number of rotatable bonds is 9. The van der Waals surface area contributed by atoms with Gasteiger partial charge in [-0.05, 0) is 91.4 Å². The number of fused-ring (bicyclic) bond motifs is 1. The normalized spacial score (nSPS) is 22.3. The van der Waals surface area contributed by atoms with Crippen molar-refractivity contribution in [2.75, 3.05) is 0 Å². The van der Waals surface area contributed by atoms with Gasteiger partial charge in [-0.2, -0.15) is 0 Å². The first-order chi connectivity index (χ1) is 18.4. The molecule has 0 saturated carbocycles. The van der Waals surface area contributed by atoms with E-state index in [2.05, 4.69) is 125 Å². The maximum Gasteiger partial charge on any atom is 0.0359 e. The van der Waals surface area contributed by atoms with Crippen LogP contribution in [0.2, 0.25) is 0 Å². The molecule has 0 bridgehead atoms. The smallest absolute Gasteiger partial charge is 0.0359 e. The van der Waals surface area contributed by atoms with Gasteiger partial charge in [0.2, 0.25) is 0 Å². The Hall–Kier alpha value is -3.58. The van der Waals surface area contributed by atoms with Crippen LogP contribution in [0.4, 0.5) is 0 Å². The molecular weight excluding hydrogens is 458 g/mol. The summed E-state index contributed by atoms with van der Waals surface area (Å²) in [5.74, 6) is 0.485. The molecule has 2 rings (SSSR count). The van der Waals surface area contributed by atoms with Crippen LogP contribution in [0.3, 0.4) is 0 Å². The van der Waals surface area contributed by atoms with Gasteiger partial charge in [-0.3, -0.25) is 0 Å². The van der Waals surface area contributed by atoms with Gasteiger partial charge < -0.3 is 5.73 Å². The predicted octanol–water partition coefficient (Wildman–Crippen LogP) is 10.5. The van der Waals surface area contributed by atoms with Gasteiger partial charge in [-0.25, -0.2) is 0 Å². The fourth-order valence-corrected chi connectivity index (χ4v) is 4.89. The van der Waals surface area contributed by atoms with Gasteiger partial charge in [0, 0.05) is 11.6 Å². The first kappa shape index (κ1) is 30.6. The Morgan fingerprint density at radius 1 is 1.16 bits per heavy atom. The molecule has 1 aromatic rings. The highest BCUT2D eigenvalue weighted by atomic mass is 14.6. The van der Waals surface area contributed by atoms with Crippen molar-refractivity contribution in [3.8, 4) is 0 Å². The zero-order chi connectivity index (χ0) is 27.9. The highest BCUT2D eigenvalue weighted by Gasteiger charge is 2.24. The third kappa shape index (κ3) is 8.77. The van der Waals surface area contributed by atoms with E-state index >= 15 is 0 Å². The van der Waals surface area contributed by atoms with Crippen LogP contribution in [0.5, 0.6) is 0 Å². The van der Waals surface area contributed by atoms with E-state index in [1.54, 1.807) is 0 Å². The van der Waals surface area contributed by atoms with Crippen LogP contribution in [0.25, 0.3) is 6.08 Å². The van der Waals surface area contributed by atoms with Crippen molar-refractivity contribution in [3.05, 3.63) is 149 Å². The lowest BCUT2D eigenvalue weighted by atomic mass is 9.77. The molecule has 200 valence electrons. The Bertz CT molecular complexity index is 1200. The van der Waals surface area contributed by atoms with Gasteiger partial charge in [0.1, 0.15) is 0 Å². The number of allylic oxidation sites excluding steroid dienone is 17. The summed E-state index contributed by atoms with van der Waals surface area (Å²) >= 11 is 0. The molecule has 0 radical (unpaired) electrons. The number of nitrogens with two attached hydrogens (primary N) is 1. The summed E-state index contributed by atoms with van der Waals surface area (Å²) in [5, 5.41) is 0. The van der Waals surface area contributed by atoms with E-state index in [0.29, 0.717) is 5.92 Å². The second-order valence-electron chi connectivity index (χ2n) is 9.91. The maximum absolute atomic E-state index is 6.61. The molecule has 2 atom stereocenters. The molecule has 0 aliphatic heterocycles. The minimum atomic E-state index is -0.0185. The third-order valence-electron chi connectivity index (χ3n) is 6.84. The molecule has 1 nitrogen and oxygen atoms in total. The van der Waals surface area contributed by atoms with Crippen LogP contribution in [0.15, 0.2) is 138 Å². The van der Waals surface area contributed by atoms with Gasteiger partial charge in [-0.15, -0.1) is 6.58 Å². The number of benzene rings is 1. The fourth-order valence-electron chi connectivity index (χ4n) is 4.89. The van der Waals surface area contributed by atoms with Crippen molar-refractivity contribution in [2.24, 2.45) is 11.7 Å². The minimum Gasteiger partial charge on any atom is -0.402 e. The van der Waals surface area contributed by atoms with E-state index in [-0.39, 0.29) is 5.92 Å². The minimum absolute atomic E-state index is 0.0185. The molecule has 1 aromatic carbocycles. The Kier molecular flexibility index (Phi) is 13.1. The lowest BCUT2D eigenvalue weighted by Gasteiger charge is -2.27. The highest BCUT2D eigenvalue weighted by Crippen LogP contribution is 2.40. The Balaban J connectivity index is 2.71. The topological polar surface area (TPSA) is 26.0 Å². The summed E-state index contributed by atoms with van der Waals surface area (Å²) < 4.78 is 0. The maximum atomic E-state index is 6.61. The van der Waals surface area contributed by atoms with Crippen LogP contribution in [-0.2, 0) is 0 Å². The van der Waals surface area contributed by atoms with Crippen LogP contribution >= 0.6 is 0 Å². The summed E-state index contributed by atoms with van der Waals surface area (Å²) in [6.45, 7) is 18.9. The zero-order valence-corrected chi connectivity index (χ0v) is 24.2. The molecule has 38 heavy (non-hydrogen) atoms. The lowest BCUT2D eigenvalue weighted by molar-refractivity contribution is 0.658. The average molecular weight is 506 g/mol. The highest BCUT2D eigenvalue weighted by molar-refractivity contribution is 5.63. The molecule has 0 saturated heterocycles. The molecule has 1 heteroatoms. The second kappa shape index (κ2) is 16.3. The van der Waals surface area contributed by atoms with E-state index in [0.717, 1.165) is 42.5 Å². The monoisotopic (exact) mass is 505 g/mol. The van der Waals surface area contributed by atoms with Gasteiger partial charge >= 0.3 is 0 Å². The summed E-state index contributed by atoms with van der Waals surface area (Å²) in [6, 6.07) is 8.59. The van der Waals surface area contributed by atoms with E-state index in [1.165, 1.54) is 27.8 Å². The molecule has 2 N–H and O–H groups in total. The van der Waals surface area contributed by atoms with Crippen LogP contribution in [0.1, 0.15) is 77.3 Å². The molecule has 0 amide bonds. The number of hydrogen-bond donors (Lipinski definition) is 1. The first-order valence-corrected chi connectivity index (χ1v) is 13.9. The Morgan fingerprint density at radius 3 is 2.58 bits per heavy atom. The third-order valence-corrected chi connectivity index (χ3v) is 6.84. The molecule has 1 aliphatic rings. The van der Waals surface area contributed by atoms with E-state index in [1.807, 2.05) is 19.9 Å². The van der Waals surface area contributed by atoms with Crippen molar-refractivity contribution < 1.29 is 0 Å². The molecule has 1 aliphatic carbocycles. The van der Waals surface area contributed by atoms with Crippen molar-refractivity contribution in [3.63, 3.8) is 0 Å². The quantitative estimate of drug-likeness (QED) is 0.262. The molecule has 2 unspecified atom stereocenters. The van der Waals surface area contributed by atoms with Gasteiger partial charge in [-0.1, -0.05) is 118 Å². The zero-order valence-electron chi connectivity index (χ0n) is 24.2. The van der Waals surface area contributed by atoms with Gasteiger partial charge in [0.15, 0.2) is 0 Å². The molecule has 0 fully saturated rings. The van der Waals surface area contributed by atoms with E-state index in [4.69, 9.17) is 5.73 Å². The fraction of sp³-hybridized carbons (Fsp3) is 0.297. The van der Waals surface area contributed by atoms with E-state index in [9.17, 15) is 0 Å². The Morgan fingerprint density at radius 2 is 1.92 bits per heavy atom. The second-order valence-corrected chi connectivity index (χ2v) is 9.91. The van der Waals surface area contributed by atoms with Crippen LogP contribution in [-0.4, -0.2) is 0 Å². The molecular formula is C37H47N. The summed E-state index contributed by atoms with van der Waals surface area (Å²) in [4.78, 5) is 0. The largest absolute Gasteiger partial charge is 0.402 e. The first-order valence-electron chi connectivity index (χ1n) is 13.9. The van der Waals surface area contributed by atoms with Crippen LogP contribution in [0, 0.1) is 5.92 Å². The SMILES string of the molecule is C=CCCC(C)/C=C/C(=C\CC)C1=C/C=C/c2ccccc2C(C(=C)/C=C\C)C(=C(\C)N)/C(=C\C)CC=C\1. The number of hydrogen-bond acceptors (Lipinski definition) is 1. The summed E-state index contributed by atoms with van der Waals surface area (Å²) in [7, 11) is 0. The molecule has 0 spiro atoms. The van der Waals surface area contributed by atoms with Crippen molar-refractivity contribution in [2.45, 2.75) is 66.2 Å². The Labute approximate surface area is 232 Å². The molecule has 0 aromatic heterocycles. The standard InChI is InChI=1S/C37H47N/c1-8-12-19-28(5)26-27-32(18-10-3)33-22-15-21-31(11-4)37(30(7)38)36(29(6)17-9-2)35-25-14-13-20-34(35)24-16-23-33/h8-9,11,13-18,20,22-28,36H,1,6,10,12,19,21,38H2,2-5,7H3/b17-9-,22-15?,24-16+,27-26+,31-11-,32-18+,33-23+,37-30+. The average Bonchev–Trinajstić information content (AvgIpc) is 2.90. The van der Waals surface area contributed by atoms with Crippen LogP contribution < -0.4 is 5.73 Å². The van der Waals surface area contributed by atoms with Crippen molar-refractivity contribution in [1.29, 1.82) is 0 Å². The summed E-state index contributed by atoms with van der Waals surface area (Å²) in [5.41, 5.74) is 15.7. The molecule has 0 heterocycles. The van der Waals surface area contributed by atoms with Crippen molar-refractivity contribution in [1.82, 2.24) is 0 Å².